The van der Waals surface area contributed by atoms with E-state index in [4.69, 9.17) is 0 Å². The van der Waals surface area contributed by atoms with Gasteiger partial charge in [-0.05, 0) is 55.3 Å². The Morgan fingerprint density at radius 2 is 1.85 bits per heavy atom. The van der Waals surface area contributed by atoms with Crippen LogP contribution in [0.2, 0.25) is 0 Å². The monoisotopic (exact) mass is 482 g/mol. The Morgan fingerprint density at radius 3 is 2.48 bits per heavy atom. The number of carbonyl (C=O) groups is 1. The van der Waals surface area contributed by atoms with Crippen LogP contribution >= 0.6 is 11.8 Å². The molecule has 9 nitrogen and oxygen atoms in total. The predicted molar refractivity (Wildman–Crippen MR) is 126 cm³/mol. The number of benzene rings is 1. The van der Waals surface area contributed by atoms with E-state index >= 15 is 0 Å². The predicted octanol–water partition coefficient (Wildman–Crippen LogP) is 3.71. The Labute approximate surface area is 196 Å². The maximum atomic E-state index is 12.5. The summed E-state index contributed by atoms with van der Waals surface area (Å²) < 4.78 is 27.4. The van der Waals surface area contributed by atoms with Gasteiger partial charge in [0.2, 0.25) is 11.9 Å². The maximum Gasteiger partial charge on any atom is 0.264 e. The first-order valence-electron chi connectivity index (χ1n) is 9.94. The number of aryl methyl sites for hydroxylation is 1. The number of sulfonamides is 1. The summed E-state index contributed by atoms with van der Waals surface area (Å²) in [6.07, 6.45) is 1.46. The van der Waals surface area contributed by atoms with Gasteiger partial charge in [-0.2, -0.15) is 5.26 Å². The molecular formula is C22H22N6O3S2. The molecule has 0 saturated carbocycles. The molecule has 0 fully saturated rings. The second kappa shape index (κ2) is 10.4. The van der Waals surface area contributed by atoms with E-state index in [1.807, 2.05) is 19.9 Å². The molecule has 0 aliphatic heterocycles. The molecule has 0 saturated heterocycles. The first kappa shape index (κ1) is 24.2. The second-order valence-corrected chi connectivity index (χ2v) is 9.99. The molecule has 3 rings (SSSR count). The third-order valence-electron chi connectivity index (χ3n) is 4.40. The molecule has 3 aromatic rings. The van der Waals surface area contributed by atoms with Gasteiger partial charge in [-0.1, -0.05) is 25.6 Å². The molecule has 0 radical (unpaired) electrons. The van der Waals surface area contributed by atoms with E-state index in [2.05, 4.69) is 31.1 Å². The Hall–Kier alpha value is -3.49. The van der Waals surface area contributed by atoms with Crippen LogP contribution in [0.15, 0.2) is 58.6 Å². The third-order valence-corrected chi connectivity index (χ3v) is 6.74. The summed E-state index contributed by atoms with van der Waals surface area (Å²) >= 11 is 1.17. The molecule has 33 heavy (non-hydrogen) atoms. The van der Waals surface area contributed by atoms with Crippen molar-refractivity contribution in [2.75, 3.05) is 15.8 Å². The van der Waals surface area contributed by atoms with Crippen molar-refractivity contribution in [2.24, 2.45) is 0 Å². The molecule has 1 amide bonds. The van der Waals surface area contributed by atoms with E-state index in [-0.39, 0.29) is 28.4 Å². The molecule has 11 heteroatoms. The van der Waals surface area contributed by atoms with Gasteiger partial charge in [-0.3, -0.25) is 4.79 Å². The van der Waals surface area contributed by atoms with Crippen molar-refractivity contribution in [1.82, 2.24) is 15.0 Å². The van der Waals surface area contributed by atoms with Gasteiger partial charge in [-0.15, -0.1) is 0 Å². The molecule has 0 spiro atoms. The van der Waals surface area contributed by atoms with Crippen molar-refractivity contribution in [3.63, 3.8) is 0 Å². The summed E-state index contributed by atoms with van der Waals surface area (Å²) in [6, 6.07) is 13.0. The van der Waals surface area contributed by atoms with E-state index in [1.165, 1.54) is 42.2 Å². The van der Waals surface area contributed by atoms with E-state index in [9.17, 15) is 18.5 Å². The zero-order valence-electron chi connectivity index (χ0n) is 18.2. The quantitative estimate of drug-likeness (QED) is 0.464. The molecule has 0 aliphatic carbocycles. The van der Waals surface area contributed by atoms with Crippen molar-refractivity contribution in [3.8, 4) is 6.07 Å². The highest BCUT2D eigenvalue weighted by atomic mass is 32.2. The highest BCUT2D eigenvalue weighted by molar-refractivity contribution is 8.00. The molecule has 2 heterocycles. The zero-order chi connectivity index (χ0) is 24.0. The number of nitrogens with zero attached hydrogens (tertiary/aromatic N) is 4. The Balaban J connectivity index is 1.62. The molecule has 0 aliphatic rings. The van der Waals surface area contributed by atoms with Gasteiger partial charge in [0.05, 0.1) is 16.2 Å². The normalized spacial score (nSPS) is 11.1. The smallest absolute Gasteiger partial charge is 0.264 e. The van der Waals surface area contributed by atoms with E-state index in [1.54, 1.807) is 19.1 Å². The van der Waals surface area contributed by atoms with Crippen LogP contribution in [0.3, 0.4) is 0 Å². The topological polar surface area (TPSA) is 138 Å². The van der Waals surface area contributed by atoms with Gasteiger partial charge in [0.15, 0.2) is 0 Å². The van der Waals surface area contributed by atoms with Crippen LogP contribution in [0.5, 0.6) is 0 Å². The van der Waals surface area contributed by atoms with Crippen LogP contribution in [0, 0.1) is 18.3 Å². The minimum absolute atomic E-state index is 0.00772. The number of thioether (sulfide) groups is 1. The number of hydrogen-bond acceptors (Lipinski definition) is 8. The number of nitrogens with one attached hydrogen (secondary N) is 2. The fourth-order valence-electron chi connectivity index (χ4n) is 2.70. The van der Waals surface area contributed by atoms with E-state index < -0.39 is 10.0 Å². The number of pyridine rings is 1. The Bertz CT molecular complexity index is 1300. The van der Waals surface area contributed by atoms with Crippen molar-refractivity contribution in [3.05, 3.63) is 65.6 Å². The number of hydrogen-bond donors (Lipinski definition) is 2. The lowest BCUT2D eigenvalue weighted by Gasteiger charge is -2.10. The number of carbonyl (C=O) groups excluding carboxylic acids is 1. The SMILES string of the molecule is Cc1ccnc(NS(=O)(=O)c2ccc(NC(=O)CSc3nc(C(C)C)ccc3C#N)cc2)n1. The molecule has 0 bridgehead atoms. The third kappa shape index (κ3) is 6.50. The van der Waals surface area contributed by atoms with E-state index in [0.717, 1.165) is 5.69 Å². The summed E-state index contributed by atoms with van der Waals surface area (Å²) in [5.41, 5.74) is 2.33. The number of amides is 1. The Morgan fingerprint density at radius 1 is 1.12 bits per heavy atom. The molecule has 170 valence electrons. The summed E-state index contributed by atoms with van der Waals surface area (Å²) in [7, 11) is -3.87. The summed E-state index contributed by atoms with van der Waals surface area (Å²) in [4.78, 5) is 24.8. The van der Waals surface area contributed by atoms with Crippen LogP contribution < -0.4 is 10.0 Å². The summed E-state index contributed by atoms with van der Waals surface area (Å²) in [5.74, 6) is -0.0679. The summed E-state index contributed by atoms with van der Waals surface area (Å²) in [6.45, 7) is 5.74. The number of anilines is 2. The highest BCUT2D eigenvalue weighted by Crippen LogP contribution is 2.24. The van der Waals surface area contributed by atoms with Crippen molar-refractivity contribution in [1.29, 1.82) is 5.26 Å². The fraction of sp³-hybridized carbons (Fsp3) is 0.227. The maximum absolute atomic E-state index is 12.5. The number of rotatable bonds is 8. The van der Waals surface area contributed by atoms with Gasteiger partial charge < -0.3 is 5.32 Å². The zero-order valence-corrected chi connectivity index (χ0v) is 19.9. The van der Waals surface area contributed by atoms with Gasteiger partial charge in [0.25, 0.3) is 10.0 Å². The van der Waals surface area contributed by atoms with Crippen molar-refractivity contribution >= 4 is 39.3 Å². The lowest BCUT2D eigenvalue weighted by molar-refractivity contribution is -0.113. The summed E-state index contributed by atoms with van der Waals surface area (Å²) in [5, 5.41) is 12.5. The molecular weight excluding hydrogens is 460 g/mol. The first-order valence-corrected chi connectivity index (χ1v) is 12.4. The van der Waals surface area contributed by atoms with Crippen LogP contribution in [-0.2, 0) is 14.8 Å². The highest BCUT2D eigenvalue weighted by Gasteiger charge is 2.16. The largest absolute Gasteiger partial charge is 0.325 e. The van der Waals surface area contributed by atoms with Gasteiger partial charge >= 0.3 is 0 Å². The van der Waals surface area contributed by atoms with E-state index in [0.29, 0.717) is 22.0 Å². The van der Waals surface area contributed by atoms with Gasteiger partial charge in [0.1, 0.15) is 11.1 Å². The number of nitriles is 1. The van der Waals surface area contributed by atoms with Crippen molar-refractivity contribution < 1.29 is 13.2 Å². The minimum Gasteiger partial charge on any atom is -0.325 e. The van der Waals surface area contributed by atoms with Crippen LogP contribution in [0.4, 0.5) is 11.6 Å². The van der Waals surface area contributed by atoms with Crippen LogP contribution in [0.25, 0.3) is 0 Å². The molecule has 1 aromatic carbocycles. The lowest BCUT2D eigenvalue weighted by atomic mass is 10.1. The van der Waals surface area contributed by atoms with Crippen LogP contribution in [0.1, 0.15) is 36.7 Å². The Kier molecular flexibility index (Phi) is 7.63. The van der Waals surface area contributed by atoms with Gasteiger partial charge in [-0.25, -0.2) is 28.1 Å². The standard InChI is InChI=1S/C22H22N6O3S2/c1-14(2)19-9-4-16(12-23)21(27-19)32-13-20(29)26-17-5-7-18(8-6-17)33(30,31)28-22-24-11-10-15(3)25-22/h4-11,14H,13H2,1-3H3,(H,26,29)(H,24,25,28). The van der Waals surface area contributed by atoms with Crippen molar-refractivity contribution in [2.45, 2.75) is 36.6 Å². The molecule has 0 atom stereocenters. The van der Waals surface area contributed by atoms with Gasteiger partial charge in [0, 0.05) is 23.3 Å². The fourth-order valence-corrected chi connectivity index (χ4v) is 4.43. The first-order chi connectivity index (χ1) is 15.7. The molecule has 0 unspecified atom stereocenters. The average Bonchev–Trinajstić information content (AvgIpc) is 2.77. The minimum atomic E-state index is -3.87. The lowest BCUT2D eigenvalue weighted by Crippen LogP contribution is -2.16. The molecule has 2 aromatic heterocycles. The molecule has 2 N–H and O–H groups in total. The average molecular weight is 483 g/mol. The number of aromatic nitrogens is 3. The van der Waals surface area contributed by atoms with Crippen LogP contribution in [-0.4, -0.2) is 35.0 Å². The second-order valence-electron chi connectivity index (χ2n) is 7.34.